The zero-order valence-corrected chi connectivity index (χ0v) is 18.6. The maximum atomic E-state index is 10.7. The average Bonchev–Trinajstić information content (AvgIpc) is 3.30. The van der Waals surface area contributed by atoms with Crippen molar-refractivity contribution in [1.82, 2.24) is 19.9 Å². The summed E-state index contributed by atoms with van der Waals surface area (Å²) in [6, 6.07) is 19.0. The van der Waals surface area contributed by atoms with Crippen LogP contribution in [-0.4, -0.2) is 24.8 Å². The predicted molar refractivity (Wildman–Crippen MR) is 129 cm³/mol. The number of nitrogens with zero attached hydrogens (tertiary/aromatic N) is 4. The summed E-state index contributed by atoms with van der Waals surface area (Å²) in [5, 5.41) is 14.7. The van der Waals surface area contributed by atoms with Crippen molar-refractivity contribution in [2.75, 3.05) is 4.90 Å². The van der Waals surface area contributed by atoms with E-state index in [0.29, 0.717) is 10.8 Å². The van der Waals surface area contributed by atoms with Gasteiger partial charge in [0.1, 0.15) is 5.75 Å². The first-order valence-corrected chi connectivity index (χ1v) is 10.8. The van der Waals surface area contributed by atoms with Crippen LogP contribution in [0.25, 0.3) is 5.69 Å². The lowest BCUT2D eigenvalue weighted by Crippen LogP contribution is -2.29. The number of thiocarbonyl (C=S) groups is 1. The van der Waals surface area contributed by atoms with Crippen molar-refractivity contribution < 1.29 is 5.11 Å². The van der Waals surface area contributed by atoms with Crippen molar-refractivity contribution >= 4 is 23.0 Å². The first-order chi connectivity index (χ1) is 15.6. The summed E-state index contributed by atoms with van der Waals surface area (Å²) in [5.41, 5.74) is 5.86. The summed E-state index contributed by atoms with van der Waals surface area (Å²) < 4.78 is 2.20. The molecule has 0 spiro atoms. The van der Waals surface area contributed by atoms with Gasteiger partial charge in [-0.25, -0.2) is 0 Å². The number of benzene rings is 1. The molecule has 6 nitrogen and oxygen atoms in total. The molecule has 2 N–H and O–H groups in total. The van der Waals surface area contributed by atoms with E-state index < -0.39 is 0 Å². The molecule has 1 aliphatic rings. The van der Waals surface area contributed by atoms with Gasteiger partial charge in [-0.2, -0.15) is 0 Å². The number of rotatable bonds is 4. The third kappa shape index (κ3) is 3.31. The lowest BCUT2D eigenvalue weighted by molar-refractivity contribution is 0.472. The van der Waals surface area contributed by atoms with E-state index >= 15 is 0 Å². The van der Waals surface area contributed by atoms with Crippen LogP contribution in [-0.2, 0) is 0 Å². The number of phenolic OH excluding ortho intramolecular Hbond substituents is 1. The number of aromatic hydroxyl groups is 1. The van der Waals surface area contributed by atoms with E-state index in [9.17, 15) is 5.11 Å². The third-order valence-corrected chi connectivity index (χ3v) is 6.25. The maximum Gasteiger partial charge on any atom is 0.174 e. The van der Waals surface area contributed by atoms with E-state index in [-0.39, 0.29) is 17.8 Å². The van der Waals surface area contributed by atoms with Crippen LogP contribution < -0.4 is 10.2 Å². The lowest BCUT2D eigenvalue weighted by Gasteiger charge is -2.28. The number of aryl methyl sites for hydroxylation is 1. The molecular formula is C25H23N5OS. The highest BCUT2D eigenvalue weighted by Gasteiger charge is 2.43. The molecule has 160 valence electrons. The van der Waals surface area contributed by atoms with Crippen molar-refractivity contribution in [2.24, 2.45) is 0 Å². The highest BCUT2D eigenvalue weighted by Crippen LogP contribution is 2.45. The fourth-order valence-electron chi connectivity index (χ4n) is 4.57. The van der Waals surface area contributed by atoms with Gasteiger partial charge in [0.05, 0.1) is 35.3 Å². The Bertz CT molecular complexity index is 1270. The van der Waals surface area contributed by atoms with Crippen LogP contribution in [0.2, 0.25) is 0 Å². The van der Waals surface area contributed by atoms with Crippen LogP contribution in [0.1, 0.15) is 34.7 Å². The number of pyridine rings is 2. The minimum atomic E-state index is -0.192. The second kappa shape index (κ2) is 8.09. The molecule has 4 aromatic rings. The molecule has 3 aromatic heterocycles. The van der Waals surface area contributed by atoms with Gasteiger partial charge in [0, 0.05) is 23.8 Å². The van der Waals surface area contributed by atoms with Gasteiger partial charge < -0.3 is 19.9 Å². The molecule has 4 heterocycles. The monoisotopic (exact) mass is 441 g/mol. The molecule has 1 aromatic carbocycles. The number of hydrogen-bond donors (Lipinski definition) is 2. The second-order valence-electron chi connectivity index (χ2n) is 7.86. The number of para-hydroxylation sites is 2. The highest BCUT2D eigenvalue weighted by atomic mass is 32.1. The number of anilines is 1. The standard InChI is InChI=1S/C25H23N5OS/c1-16-14-19(17(2)29(16)18-8-7-12-26-15-18)24-23(20-9-5-6-13-27-20)28-25(32)30(24)21-10-3-4-11-22(21)31/h3-15,23-24,31H,1-2H3,(H,28,32)/t23-,24+/m1/s1. The second-order valence-corrected chi connectivity index (χ2v) is 8.25. The third-order valence-electron chi connectivity index (χ3n) is 5.93. The van der Waals surface area contributed by atoms with Gasteiger partial charge in [0.25, 0.3) is 0 Å². The Hall–Kier alpha value is -3.71. The normalized spacial score (nSPS) is 18.1. The van der Waals surface area contributed by atoms with Crippen molar-refractivity contribution in [3.05, 3.63) is 102 Å². The number of phenols is 1. The minimum absolute atomic E-state index is 0.175. The van der Waals surface area contributed by atoms with Crippen molar-refractivity contribution in [2.45, 2.75) is 25.9 Å². The van der Waals surface area contributed by atoms with E-state index in [1.54, 1.807) is 18.5 Å². The SMILES string of the molecule is Cc1cc([C@H]2[C@@H](c3ccccn3)NC(=S)N2c2ccccc2O)c(C)n1-c1cccnc1. The molecule has 1 fully saturated rings. The molecule has 2 atom stereocenters. The van der Waals surface area contributed by atoms with Crippen LogP contribution >= 0.6 is 12.2 Å². The van der Waals surface area contributed by atoms with E-state index in [1.165, 1.54) is 0 Å². The predicted octanol–water partition coefficient (Wildman–Crippen LogP) is 4.77. The molecule has 0 saturated carbocycles. The number of aromatic nitrogens is 3. The van der Waals surface area contributed by atoms with Crippen LogP contribution in [0.4, 0.5) is 5.69 Å². The Morgan fingerprint density at radius 2 is 1.81 bits per heavy atom. The molecule has 5 rings (SSSR count). The van der Waals surface area contributed by atoms with Crippen molar-refractivity contribution in [1.29, 1.82) is 0 Å². The lowest BCUT2D eigenvalue weighted by atomic mass is 9.96. The molecule has 1 saturated heterocycles. The molecule has 32 heavy (non-hydrogen) atoms. The molecule has 0 aliphatic carbocycles. The molecule has 0 bridgehead atoms. The summed E-state index contributed by atoms with van der Waals surface area (Å²) in [6.45, 7) is 4.19. The fourth-order valence-corrected chi connectivity index (χ4v) is 4.91. The topological polar surface area (TPSA) is 66.2 Å². The van der Waals surface area contributed by atoms with Crippen LogP contribution in [0.3, 0.4) is 0 Å². The highest BCUT2D eigenvalue weighted by molar-refractivity contribution is 7.80. The largest absolute Gasteiger partial charge is 0.506 e. The Labute approximate surface area is 192 Å². The van der Waals surface area contributed by atoms with Gasteiger partial charge in [-0.15, -0.1) is 0 Å². The van der Waals surface area contributed by atoms with E-state index in [0.717, 1.165) is 28.3 Å². The first-order valence-electron chi connectivity index (χ1n) is 10.4. The van der Waals surface area contributed by atoms with E-state index in [2.05, 4.69) is 39.8 Å². The fraction of sp³-hybridized carbons (Fsp3) is 0.160. The quantitative estimate of drug-likeness (QED) is 0.445. The van der Waals surface area contributed by atoms with Crippen LogP contribution in [0.15, 0.2) is 79.3 Å². The summed E-state index contributed by atoms with van der Waals surface area (Å²) in [6.07, 6.45) is 5.42. The van der Waals surface area contributed by atoms with Gasteiger partial charge in [0.15, 0.2) is 5.11 Å². The molecule has 0 radical (unpaired) electrons. The summed E-state index contributed by atoms with van der Waals surface area (Å²) in [5.74, 6) is 0.185. The number of hydrogen-bond acceptors (Lipinski definition) is 4. The molecule has 1 aliphatic heterocycles. The van der Waals surface area contributed by atoms with Gasteiger partial charge in [-0.1, -0.05) is 18.2 Å². The molecule has 0 amide bonds. The molecular weight excluding hydrogens is 418 g/mol. The summed E-state index contributed by atoms with van der Waals surface area (Å²) in [4.78, 5) is 10.9. The smallest absolute Gasteiger partial charge is 0.174 e. The average molecular weight is 442 g/mol. The number of nitrogens with one attached hydrogen (secondary N) is 1. The van der Waals surface area contributed by atoms with Gasteiger partial charge in [-0.05, 0) is 74.1 Å². The van der Waals surface area contributed by atoms with Gasteiger partial charge in [-0.3, -0.25) is 9.97 Å². The Morgan fingerprint density at radius 1 is 1.00 bits per heavy atom. The van der Waals surface area contributed by atoms with Crippen LogP contribution in [0.5, 0.6) is 5.75 Å². The minimum Gasteiger partial charge on any atom is -0.506 e. The zero-order chi connectivity index (χ0) is 22.2. The molecule has 0 unspecified atom stereocenters. The summed E-state index contributed by atoms with van der Waals surface area (Å²) in [7, 11) is 0. The Morgan fingerprint density at radius 3 is 2.53 bits per heavy atom. The first kappa shape index (κ1) is 20.2. The summed E-state index contributed by atoms with van der Waals surface area (Å²) >= 11 is 5.77. The molecule has 7 heteroatoms. The van der Waals surface area contributed by atoms with Crippen molar-refractivity contribution in [3.8, 4) is 11.4 Å². The zero-order valence-electron chi connectivity index (χ0n) is 17.8. The van der Waals surface area contributed by atoms with E-state index in [4.69, 9.17) is 12.2 Å². The Balaban J connectivity index is 1.70. The maximum absolute atomic E-state index is 10.7. The van der Waals surface area contributed by atoms with Gasteiger partial charge in [0.2, 0.25) is 0 Å². The Kier molecular flexibility index (Phi) is 5.11. The van der Waals surface area contributed by atoms with Gasteiger partial charge >= 0.3 is 0 Å². The van der Waals surface area contributed by atoms with Crippen molar-refractivity contribution in [3.63, 3.8) is 0 Å². The van der Waals surface area contributed by atoms with Crippen LogP contribution in [0, 0.1) is 13.8 Å². The van der Waals surface area contributed by atoms with E-state index in [1.807, 2.05) is 59.6 Å².